The Labute approximate surface area is 176 Å². The molecule has 2 aliphatic rings. The minimum absolute atomic E-state index is 0.0473. The average Bonchev–Trinajstić information content (AvgIpc) is 3.37. The number of benzene rings is 1. The van der Waals surface area contributed by atoms with Crippen LogP contribution < -0.4 is 4.72 Å². The van der Waals surface area contributed by atoms with Crippen molar-refractivity contribution in [3.8, 4) is 0 Å². The number of rotatable bonds is 5. The lowest BCUT2D eigenvalue weighted by Crippen LogP contribution is -2.57. The molecule has 2 aliphatic heterocycles. The lowest BCUT2D eigenvalue weighted by atomic mass is 10.0. The van der Waals surface area contributed by atoms with Gasteiger partial charge in [-0.1, -0.05) is 6.07 Å². The van der Waals surface area contributed by atoms with Gasteiger partial charge in [-0.05, 0) is 24.6 Å². The minimum atomic E-state index is -4.62. The summed E-state index contributed by atoms with van der Waals surface area (Å²) in [6.45, 7) is 1.99. The summed E-state index contributed by atoms with van der Waals surface area (Å²) in [5, 5.41) is 7.55. The number of hydrogen-bond acceptors (Lipinski definition) is 5. The third-order valence-corrected chi connectivity index (χ3v) is 6.97. The summed E-state index contributed by atoms with van der Waals surface area (Å²) in [6, 6.07) is 3.64. The predicted octanol–water partition coefficient (Wildman–Crippen LogP) is 1.57. The first-order chi connectivity index (χ1) is 14.6. The number of sulfonamides is 1. The number of hydrogen-bond donors (Lipinski definition) is 1. The van der Waals surface area contributed by atoms with Crippen LogP contribution in [0.15, 0.2) is 41.8 Å². The van der Waals surface area contributed by atoms with Crippen molar-refractivity contribution in [2.45, 2.75) is 23.5 Å². The lowest BCUT2D eigenvalue weighted by molar-refractivity contribution is -0.137. The van der Waals surface area contributed by atoms with E-state index in [9.17, 15) is 26.4 Å². The molecule has 1 aromatic carbocycles. The van der Waals surface area contributed by atoms with Gasteiger partial charge in [0.1, 0.15) is 12.7 Å². The molecular weight excluding hydrogens is 437 g/mol. The summed E-state index contributed by atoms with van der Waals surface area (Å²) in [5.74, 6) is -0.0965. The number of aromatic nitrogens is 3. The monoisotopic (exact) mass is 458 g/mol. The number of nitrogens with one attached hydrogen (secondary N) is 1. The van der Waals surface area contributed by atoms with Crippen LogP contribution in [0.4, 0.5) is 18.0 Å². The van der Waals surface area contributed by atoms with Crippen molar-refractivity contribution in [3.63, 3.8) is 0 Å². The highest BCUT2D eigenvalue weighted by molar-refractivity contribution is 7.89. The van der Waals surface area contributed by atoms with Crippen LogP contribution in [-0.4, -0.2) is 71.7 Å². The van der Waals surface area contributed by atoms with Gasteiger partial charge < -0.3 is 14.4 Å². The number of urea groups is 1. The topological polar surface area (TPSA) is 100 Å². The van der Waals surface area contributed by atoms with E-state index in [1.54, 1.807) is 22.5 Å². The first-order valence-corrected chi connectivity index (χ1v) is 11.2. The Balaban J connectivity index is 1.26. The highest BCUT2D eigenvalue weighted by atomic mass is 32.2. The van der Waals surface area contributed by atoms with Gasteiger partial charge in [-0.3, -0.25) is 0 Å². The minimum Gasteiger partial charge on any atom is -0.324 e. The van der Waals surface area contributed by atoms with E-state index in [1.165, 1.54) is 0 Å². The fourth-order valence-electron chi connectivity index (χ4n) is 3.76. The Morgan fingerprint density at radius 3 is 2.52 bits per heavy atom. The second kappa shape index (κ2) is 8.11. The zero-order valence-corrected chi connectivity index (χ0v) is 17.2. The highest BCUT2D eigenvalue weighted by Gasteiger charge is 2.37. The Hall–Kier alpha value is -2.67. The van der Waals surface area contributed by atoms with E-state index in [0.29, 0.717) is 32.2 Å². The second-order valence-corrected chi connectivity index (χ2v) is 9.50. The quantitative estimate of drug-likeness (QED) is 0.733. The number of alkyl halides is 3. The lowest BCUT2D eigenvalue weighted by Gasteiger charge is -2.41. The van der Waals surface area contributed by atoms with Crippen LogP contribution in [0, 0.1) is 5.92 Å². The fourth-order valence-corrected chi connectivity index (χ4v) is 4.92. The number of nitrogens with zero attached hydrogens (tertiary/aromatic N) is 5. The molecule has 0 radical (unpaired) electrons. The zero-order valence-electron chi connectivity index (χ0n) is 16.4. The van der Waals surface area contributed by atoms with Gasteiger partial charge in [-0.2, -0.15) is 13.2 Å². The molecule has 2 fully saturated rings. The Morgan fingerprint density at radius 1 is 1.13 bits per heavy atom. The van der Waals surface area contributed by atoms with Gasteiger partial charge in [0, 0.05) is 38.6 Å². The normalized spacial score (nSPS) is 20.2. The largest absolute Gasteiger partial charge is 0.416 e. The van der Waals surface area contributed by atoms with Gasteiger partial charge in [-0.25, -0.2) is 17.9 Å². The van der Waals surface area contributed by atoms with Gasteiger partial charge in [-0.15, -0.1) is 10.2 Å². The molecule has 13 heteroatoms. The summed E-state index contributed by atoms with van der Waals surface area (Å²) < 4.78 is 67.4. The molecule has 2 aromatic rings. The molecule has 0 saturated carbocycles. The smallest absolute Gasteiger partial charge is 0.324 e. The summed E-state index contributed by atoms with van der Waals surface area (Å²) in [7, 11) is -4.08. The van der Waals surface area contributed by atoms with Crippen LogP contribution in [0.25, 0.3) is 0 Å². The summed E-state index contributed by atoms with van der Waals surface area (Å²) in [5.41, 5.74) is -1.02. The molecule has 1 N–H and O–H groups in total. The predicted molar refractivity (Wildman–Crippen MR) is 102 cm³/mol. The maximum absolute atomic E-state index is 12.8. The second-order valence-electron chi connectivity index (χ2n) is 7.73. The van der Waals surface area contributed by atoms with E-state index in [4.69, 9.17) is 0 Å². The molecule has 1 aromatic heterocycles. The molecule has 0 spiro atoms. The van der Waals surface area contributed by atoms with E-state index in [-0.39, 0.29) is 24.5 Å². The van der Waals surface area contributed by atoms with Crippen molar-refractivity contribution in [2.24, 2.45) is 5.92 Å². The summed E-state index contributed by atoms with van der Waals surface area (Å²) >= 11 is 0. The number of likely N-dealkylation sites (tertiary alicyclic amines) is 2. The number of halogens is 3. The van der Waals surface area contributed by atoms with Crippen molar-refractivity contribution < 1.29 is 26.4 Å². The van der Waals surface area contributed by atoms with Gasteiger partial charge in [0.15, 0.2) is 0 Å². The standard InChI is InChI=1S/C18H21F3N6O3S/c19-18(20,21)14-2-1-3-16(6-14)31(29,30)24-7-13-8-26(9-13)17(28)25-5-4-15(10-25)27-11-22-23-12-27/h1-3,6,11-13,15,24H,4-5,7-10H2/t15-/m0/s1. The van der Waals surface area contributed by atoms with E-state index < -0.39 is 26.7 Å². The van der Waals surface area contributed by atoms with E-state index in [0.717, 1.165) is 24.6 Å². The van der Waals surface area contributed by atoms with Crippen molar-refractivity contribution in [1.82, 2.24) is 29.3 Å². The van der Waals surface area contributed by atoms with Gasteiger partial charge in [0.2, 0.25) is 10.0 Å². The Kier molecular flexibility index (Phi) is 5.64. The van der Waals surface area contributed by atoms with Crippen LogP contribution >= 0.6 is 0 Å². The summed E-state index contributed by atoms with van der Waals surface area (Å²) in [4.78, 5) is 15.6. The van der Waals surface area contributed by atoms with Gasteiger partial charge >= 0.3 is 12.2 Å². The molecule has 0 bridgehead atoms. The third-order valence-electron chi connectivity index (χ3n) is 5.55. The van der Waals surface area contributed by atoms with Crippen molar-refractivity contribution in [3.05, 3.63) is 42.5 Å². The molecule has 2 amide bonds. The van der Waals surface area contributed by atoms with Crippen molar-refractivity contribution >= 4 is 16.1 Å². The van der Waals surface area contributed by atoms with Crippen LogP contribution in [0.3, 0.4) is 0 Å². The van der Waals surface area contributed by atoms with Crippen molar-refractivity contribution in [1.29, 1.82) is 0 Å². The number of carbonyl (C=O) groups excluding carboxylic acids is 1. The van der Waals surface area contributed by atoms with Crippen LogP contribution in [0.2, 0.25) is 0 Å². The van der Waals surface area contributed by atoms with E-state index in [2.05, 4.69) is 14.9 Å². The maximum Gasteiger partial charge on any atom is 0.416 e. The molecule has 31 heavy (non-hydrogen) atoms. The van der Waals surface area contributed by atoms with Crippen molar-refractivity contribution in [2.75, 3.05) is 32.7 Å². The molecule has 3 heterocycles. The Morgan fingerprint density at radius 2 is 1.84 bits per heavy atom. The number of carbonyl (C=O) groups is 1. The number of amides is 2. The first kappa shape index (κ1) is 21.6. The molecule has 4 rings (SSSR count). The first-order valence-electron chi connectivity index (χ1n) is 9.68. The third kappa shape index (κ3) is 4.66. The zero-order chi connectivity index (χ0) is 22.2. The van der Waals surface area contributed by atoms with Gasteiger partial charge in [0.25, 0.3) is 0 Å². The van der Waals surface area contributed by atoms with E-state index in [1.807, 2.05) is 4.57 Å². The highest BCUT2D eigenvalue weighted by Crippen LogP contribution is 2.30. The molecule has 1 atom stereocenters. The molecule has 9 nitrogen and oxygen atoms in total. The fraction of sp³-hybridized carbons (Fsp3) is 0.500. The van der Waals surface area contributed by atoms with Crippen LogP contribution in [0.1, 0.15) is 18.0 Å². The SMILES string of the molecule is O=C(N1CC(CNS(=O)(=O)c2cccc(C(F)(F)F)c2)C1)N1CC[C@H](n2cnnc2)C1. The molecule has 0 unspecified atom stereocenters. The van der Waals surface area contributed by atoms with Crippen LogP contribution in [-0.2, 0) is 16.2 Å². The molecular formula is C18H21F3N6O3S. The van der Waals surface area contributed by atoms with Gasteiger partial charge in [0.05, 0.1) is 16.5 Å². The molecule has 0 aliphatic carbocycles. The average molecular weight is 458 g/mol. The van der Waals surface area contributed by atoms with E-state index >= 15 is 0 Å². The molecule has 168 valence electrons. The van der Waals surface area contributed by atoms with Crippen LogP contribution in [0.5, 0.6) is 0 Å². The maximum atomic E-state index is 12.8. The Bertz CT molecular complexity index is 1040. The molecule has 2 saturated heterocycles. The summed E-state index contributed by atoms with van der Waals surface area (Å²) in [6.07, 6.45) is -0.579.